The van der Waals surface area contributed by atoms with Crippen LogP contribution in [0.3, 0.4) is 0 Å². The normalized spacial score (nSPS) is 14.7. The van der Waals surface area contributed by atoms with Crippen LogP contribution < -0.4 is 5.73 Å². The number of aromatic nitrogens is 1. The molecule has 1 aliphatic rings. The summed E-state index contributed by atoms with van der Waals surface area (Å²) in [6, 6.07) is 5.84. The van der Waals surface area contributed by atoms with Crippen LogP contribution in [0, 0.1) is 6.92 Å². The molecular weight excluding hydrogens is 176 g/mol. The maximum absolute atomic E-state index is 5.36. The van der Waals surface area contributed by atoms with E-state index in [1.807, 2.05) is 25.1 Å². The molecule has 1 aliphatic heterocycles. The Kier molecular flexibility index (Phi) is 5.19. The second kappa shape index (κ2) is 6.51. The predicted octanol–water partition coefficient (Wildman–Crippen LogP) is 1.65. The fraction of sp³-hybridized carbons (Fsp3) is 0.545. The standard InChI is InChI=1S/C7H10N2.C4H8O/c1-6-3-2-4-7(5-8)9-6;1-2-4-5-3-1/h2-4H,5,8H2,1H3;1-4H2. The summed E-state index contributed by atoms with van der Waals surface area (Å²) in [5, 5.41) is 0. The zero-order valence-corrected chi connectivity index (χ0v) is 8.70. The quantitative estimate of drug-likeness (QED) is 0.739. The highest BCUT2D eigenvalue weighted by Gasteiger charge is 1.94. The predicted molar refractivity (Wildman–Crippen MR) is 56.9 cm³/mol. The molecule has 3 nitrogen and oxygen atoms in total. The van der Waals surface area contributed by atoms with Crippen LogP contribution in [0.25, 0.3) is 0 Å². The van der Waals surface area contributed by atoms with Crippen molar-refractivity contribution in [3.8, 4) is 0 Å². The molecule has 2 N–H and O–H groups in total. The van der Waals surface area contributed by atoms with Crippen LogP contribution in [0.5, 0.6) is 0 Å². The third-order valence-corrected chi connectivity index (χ3v) is 1.98. The lowest BCUT2D eigenvalue weighted by Crippen LogP contribution is -1.99. The number of nitrogens with two attached hydrogens (primary N) is 1. The first-order valence-electron chi connectivity index (χ1n) is 5.03. The molecule has 0 unspecified atom stereocenters. The number of hydrogen-bond acceptors (Lipinski definition) is 3. The summed E-state index contributed by atoms with van der Waals surface area (Å²) >= 11 is 0. The summed E-state index contributed by atoms with van der Waals surface area (Å²) in [6.07, 6.45) is 2.56. The van der Waals surface area contributed by atoms with Crippen molar-refractivity contribution < 1.29 is 4.74 Å². The van der Waals surface area contributed by atoms with Crippen LogP contribution in [0.1, 0.15) is 24.2 Å². The molecule has 0 radical (unpaired) electrons. The Morgan fingerprint density at radius 2 is 2.07 bits per heavy atom. The van der Waals surface area contributed by atoms with Gasteiger partial charge in [0.1, 0.15) is 0 Å². The molecule has 3 heteroatoms. The Bertz CT molecular complexity index is 252. The molecule has 2 heterocycles. The maximum atomic E-state index is 5.36. The van der Waals surface area contributed by atoms with E-state index in [1.165, 1.54) is 12.8 Å². The molecule has 1 fully saturated rings. The van der Waals surface area contributed by atoms with Gasteiger partial charge in [-0.3, -0.25) is 4.98 Å². The van der Waals surface area contributed by atoms with Gasteiger partial charge in [-0.15, -0.1) is 0 Å². The first-order valence-corrected chi connectivity index (χ1v) is 5.03. The molecule has 2 rings (SSSR count). The van der Waals surface area contributed by atoms with E-state index in [0.29, 0.717) is 6.54 Å². The Hall–Kier alpha value is -0.930. The van der Waals surface area contributed by atoms with Gasteiger partial charge >= 0.3 is 0 Å². The zero-order valence-electron chi connectivity index (χ0n) is 8.70. The number of hydrogen-bond donors (Lipinski definition) is 1. The zero-order chi connectivity index (χ0) is 10.2. The molecule has 0 atom stereocenters. The van der Waals surface area contributed by atoms with E-state index in [0.717, 1.165) is 24.6 Å². The van der Waals surface area contributed by atoms with E-state index in [9.17, 15) is 0 Å². The van der Waals surface area contributed by atoms with Crippen LogP contribution in [0.15, 0.2) is 18.2 Å². The van der Waals surface area contributed by atoms with Crippen molar-refractivity contribution in [3.63, 3.8) is 0 Å². The molecule has 0 spiro atoms. The summed E-state index contributed by atoms with van der Waals surface area (Å²) < 4.78 is 4.94. The molecule has 0 bridgehead atoms. The fourth-order valence-electron chi connectivity index (χ4n) is 1.22. The van der Waals surface area contributed by atoms with Crippen molar-refractivity contribution in [2.24, 2.45) is 5.73 Å². The minimum absolute atomic E-state index is 0.529. The van der Waals surface area contributed by atoms with Gasteiger partial charge in [0.2, 0.25) is 0 Å². The Morgan fingerprint density at radius 3 is 2.43 bits per heavy atom. The minimum atomic E-state index is 0.529. The van der Waals surface area contributed by atoms with Crippen LogP contribution in [-0.2, 0) is 11.3 Å². The van der Waals surface area contributed by atoms with Gasteiger partial charge in [0, 0.05) is 25.5 Å². The van der Waals surface area contributed by atoms with Crippen molar-refractivity contribution in [1.29, 1.82) is 0 Å². The second-order valence-corrected chi connectivity index (χ2v) is 3.29. The summed E-state index contributed by atoms with van der Waals surface area (Å²) in [5.41, 5.74) is 7.34. The number of aryl methyl sites for hydroxylation is 1. The average Bonchev–Trinajstić information content (AvgIpc) is 2.75. The Labute approximate surface area is 85.3 Å². The molecule has 0 aromatic carbocycles. The molecule has 1 aromatic rings. The maximum Gasteiger partial charge on any atom is 0.0542 e. The third-order valence-electron chi connectivity index (χ3n) is 1.98. The third kappa shape index (κ3) is 4.35. The van der Waals surface area contributed by atoms with Gasteiger partial charge in [0.15, 0.2) is 0 Å². The summed E-state index contributed by atoms with van der Waals surface area (Å²) in [6.45, 7) is 4.49. The SMILES string of the molecule is C1CCOC1.Cc1cccc(CN)n1. The van der Waals surface area contributed by atoms with Crippen LogP contribution in [0.4, 0.5) is 0 Å². The molecule has 78 valence electrons. The number of pyridine rings is 1. The van der Waals surface area contributed by atoms with E-state index >= 15 is 0 Å². The monoisotopic (exact) mass is 194 g/mol. The van der Waals surface area contributed by atoms with Gasteiger partial charge in [0.25, 0.3) is 0 Å². The van der Waals surface area contributed by atoms with Crippen molar-refractivity contribution in [2.75, 3.05) is 13.2 Å². The highest BCUT2D eigenvalue weighted by Crippen LogP contribution is 1.98. The van der Waals surface area contributed by atoms with Crippen LogP contribution >= 0.6 is 0 Å². The van der Waals surface area contributed by atoms with E-state index in [4.69, 9.17) is 10.5 Å². The molecule has 0 aliphatic carbocycles. The minimum Gasteiger partial charge on any atom is -0.381 e. The Balaban J connectivity index is 0.000000165. The van der Waals surface area contributed by atoms with Gasteiger partial charge in [-0.1, -0.05) is 6.07 Å². The molecule has 1 saturated heterocycles. The topological polar surface area (TPSA) is 48.1 Å². The van der Waals surface area contributed by atoms with Crippen LogP contribution in [0.2, 0.25) is 0 Å². The van der Waals surface area contributed by atoms with E-state index in [-0.39, 0.29) is 0 Å². The summed E-state index contributed by atoms with van der Waals surface area (Å²) in [4.78, 5) is 4.17. The lowest BCUT2D eigenvalue weighted by Gasteiger charge is -1.94. The van der Waals surface area contributed by atoms with Crippen molar-refractivity contribution in [3.05, 3.63) is 29.6 Å². The van der Waals surface area contributed by atoms with Crippen LogP contribution in [-0.4, -0.2) is 18.2 Å². The fourth-order valence-corrected chi connectivity index (χ4v) is 1.22. The largest absolute Gasteiger partial charge is 0.381 e. The molecule has 14 heavy (non-hydrogen) atoms. The van der Waals surface area contributed by atoms with Crippen molar-refractivity contribution in [2.45, 2.75) is 26.3 Å². The second-order valence-electron chi connectivity index (χ2n) is 3.29. The van der Waals surface area contributed by atoms with Gasteiger partial charge in [-0.2, -0.15) is 0 Å². The first-order chi connectivity index (χ1) is 6.83. The lowest BCUT2D eigenvalue weighted by atomic mass is 10.3. The summed E-state index contributed by atoms with van der Waals surface area (Å²) in [7, 11) is 0. The summed E-state index contributed by atoms with van der Waals surface area (Å²) in [5.74, 6) is 0. The molecule has 0 saturated carbocycles. The highest BCUT2D eigenvalue weighted by molar-refractivity contribution is 5.09. The smallest absolute Gasteiger partial charge is 0.0542 e. The van der Waals surface area contributed by atoms with Crippen molar-refractivity contribution in [1.82, 2.24) is 4.98 Å². The number of ether oxygens (including phenoxy) is 1. The highest BCUT2D eigenvalue weighted by atomic mass is 16.5. The number of rotatable bonds is 1. The van der Waals surface area contributed by atoms with E-state index < -0.39 is 0 Å². The van der Waals surface area contributed by atoms with Gasteiger partial charge in [0.05, 0.1) is 5.69 Å². The Morgan fingerprint density at radius 1 is 1.36 bits per heavy atom. The lowest BCUT2D eigenvalue weighted by molar-refractivity contribution is 0.198. The van der Waals surface area contributed by atoms with E-state index in [2.05, 4.69) is 4.98 Å². The average molecular weight is 194 g/mol. The van der Waals surface area contributed by atoms with E-state index in [1.54, 1.807) is 0 Å². The molecular formula is C11H18N2O. The van der Waals surface area contributed by atoms with Gasteiger partial charge in [-0.05, 0) is 31.9 Å². The number of nitrogens with zero attached hydrogens (tertiary/aromatic N) is 1. The van der Waals surface area contributed by atoms with Crippen molar-refractivity contribution >= 4 is 0 Å². The molecule has 1 aromatic heterocycles. The van der Waals surface area contributed by atoms with Gasteiger partial charge in [-0.25, -0.2) is 0 Å². The first kappa shape index (κ1) is 11.1. The molecule has 0 amide bonds. The van der Waals surface area contributed by atoms with Gasteiger partial charge < -0.3 is 10.5 Å².